The fourth-order valence-corrected chi connectivity index (χ4v) is 1.58. The Labute approximate surface area is 85.1 Å². The summed E-state index contributed by atoms with van der Waals surface area (Å²) in [7, 11) is 0. The molecule has 2 N–H and O–H groups in total. The van der Waals surface area contributed by atoms with Gasteiger partial charge in [0.15, 0.2) is 0 Å². The van der Waals surface area contributed by atoms with Crippen LogP contribution in [0.3, 0.4) is 0 Å². The normalized spacial score (nSPS) is 10.2. The number of hydrogen-bond donors (Lipinski definition) is 2. The van der Waals surface area contributed by atoms with E-state index in [-0.39, 0.29) is 11.3 Å². The summed E-state index contributed by atoms with van der Waals surface area (Å²) in [4.78, 5) is 11.0. The molecule has 2 aromatic rings. The van der Waals surface area contributed by atoms with Crippen LogP contribution >= 0.6 is 0 Å². The molecule has 76 valence electrons. The second-order valence-corrected chi connectivity index (χ2v) is 3.11. The molecule has 0 saturated heterocycles. The van der Waals surface area contributed by atoms with Crippen LogP contribution in [0.15, 0.2) is 36.4 Å². The molecule has 0 fully saturated rings. The number of rotatable bonds is 2. The van der Waals surface area contributed by atoms with Crippen molar-refractivity contribution in [3.63, 3.8) is 0 Å². The molecule has 0 aliphatic heterocycles. The number of halogens is 1. The molecule has 0 radical (unpaired) electrons. The lowest BCUT2D eigenvalue weighted by molar-refractivity contribution is 0.0699. The van der Waals surface area contributed by atoms with E-state index in [1.54, 1.807) is 30.3 Å². The number of aromatic carboxylic acids is 1. The van der Waals surface area contributed by atoms with E-state index in [2.05, 4.69) is 0 Å². The van der Waals surface area contributed by atoms with Gasteiger partial charge in [-0.1, -0.05) is 30.3 Å². The van der Waals surface area contributed by atoms with Gasteiger partial charge < -0.3 is 5.11 Å². The van der Waals surface area contributed by atoms with Gasteiger partial charge in [0.1, 0.15) is 0 Å². The molecule has 0 unspecified atom stereocenters. The van der Waals surface area contributed by atoms with E-state index in [1.165, 1.54) is 11.6 Å². The highest BCUT2D eigenvalue weighted by Gasteiger charge is 2.13. The number of carbonyl (C=O) groups is 1. The molecule has 3 nitrogen and oxygen atoms in total. The number of hydrogen-bond acceptors (Lipinski definition) is 2. The monoisotopic (exact) mass is 205 g/mol. The number of benzene rings is 2. The quantitative estimate of drug-likeness (QED) is 0.741. The van der Waals surface area contributed by atoms with E-state index >= 15 is 0 Å². The van der Waals surface area contributed by atoms with Crippen molar-refractivity contribution in [1.29, 1.82) is 0 Å². The van der Waals surface area contributed by atoms with Crippen molar-refractivity contribution in [3.8, 4) is 0 Å². The standard InChI is InChI=1S/C11H8FNO2/c12-13-9-6-5-7-3-1-2-4-8(7)10(9)11(14)15/h1-6,13H,(H,14,15). The Morgan fingerprint density at radius 1 is 1.20 bits per heavy atom. The van der Waals surface area contributed by atoms with Crippen molar-refractivity contribution in [2.45, 2.75) is 0 Å². The minimum Gasteiger partial charge on any atom is -0.478 e. The third-order valence-electron chi connectivity index (χ3n) is 2.24. The molecule has 0 bridgehead atoms. The smallest absolute Gasteiger partial charge is 0.338 e. The highest BCUT2D eigenvalue weighted by molar-refractivity contribution is 6.08. The lowest BCUT2D eigenvalue weighted by Gasteiger charge is -2.06. The van der Waals surface area contributed by atoms with Crippen LogP contribution in [-0.2, 0) is 0 Å². The van der Waals surface area contributed by atoms with Crippen LogP contribution in [0.1, 0.15) is 10.4 Å². The Morgan fingerprint density at radius 3 is 2.60 bits per heavy atom. The number of fused-ring (bicyclic) bond motifs is 1. The molecule has 4 heteroatoms. The van der Waals surface area contributed by atoms with Crippen molar-refractivity contribution < 1.29 is 14.4 Å². The molecular formula is C11H8FNO2. The molecule has 0 saturated carbocycles. The van der Waals surface area contributed by atoms with Crippen molar-refractivity contribution >= 4 is 22.4 Å². The Hall–Kier alpha value is -2.10. The van der Waals surface area contributed by atoms with Crippen molar-refractivity contribution in [1.82, 2.24) is 0 Å². The molecule has 2 aromatic carbocycles. The molecule has 0 aliphatic rings. The molecule has 0 spiro atoms. The van der Waals surface area contributed by atoms with Gasteiger partial charge in [0.2, 0.25) is 0 Å². The highest BCUT2D eigenvalue weighted by Crippen LogP contribution is 2.26. The summed E-state index contributed by atoms with van der Waals surface area (Å²) < 4.78 is 12.4. The van der Waals surface area contributed by atoms with Gasteiger partial charge in [-0.15, -0.1) is 4.48 Å². The fraction of sp³-hybridized carbons (Fsp3) is 0. The molecule has 0 heterocycles. The van der Waals surface area contributed by atoms with E-state index in [4.69, 9.17) is 5.11 Å². The molecule has 0 aliphatic carbocycles. The third kappa shape index (κ3) is 1.50. The van der Waals surface area contributed by atoms with Crippen LogP contribution < -0.4 is 5.54 Å². The molecule has 0 aromatic heterocycles. The van der Waals surface area contributed by atoms with Crippen molar-refractivity contribution in [2.75, 3.05) is 5.54 Å². The van der Waals surface area contributed by atoms with Crippen molar-refractivity contribution in [3.05, 3.63) is 42.0 Å². The van der Waals surface area contributed by atoms with Crippen molar-refractivity contribution in [2.24, 2.45) is 0 Å². The number of carboxylic acid groups (broad SMARTS) is 1. The molecule has 15 heavy (non-hydrogen) atoms. The third-order valence-corrected chi connectivity index (χ3v) is 2.24. The average molecular weight is 205 g/mol. The topological polar surface area (TPSA) is 49.3 Å². The first-order chi connectivity index (χ1) is 7.24. The first-order valence-corrected chi connectivity index (χ1v) is 4.35. The van der Waals surface area contributed by atoms with E-state index in [1.807, 2.05) is 0 Å². The fourth-order valence-electron chi connectivity index (χ4n) is 1.58. The van der Waals surface area contributed by atoms with E-state index in [9.17, 15) is 9.28 Å². The summed E-state index contributed by atoms with van der Waals surface area (Å²) in [6.07, 6.45) is 0. The summed E-state index contributed by atoms with van der Waals surface area (Å²) in [6, 6.07) is 10.0. The average Bonchev–Trinajstić information content (AvgIpc) is 2.27. The van der Waals surface area contributed by atoms with Crippen LogP contribution in [0, 0.1) is 0 Å². The van der Waals surface area contributed by atoms with Crippen LogP contribution in [-0.4, -0.2) is 11.1 Å². The van der Waals surface area contributed by atoms with Gasteiger partial charge in [-0.05, 0) is 16.8 Å². The zero-order valence-corrected chi connectivity index (χ0v) is 7.70. The summed E-state index contributed by atoms with van der Waals surface area (Å²) in [5.41, 5.74) is 1.32. The Balaban J connectivity index is 2.85. The zero-order chi connectivity index (χ0) is 10.8. The van der Waals surface area contributed by atoms with E-state index in [0.717, 1.165) is 5.39 Å². The lowest BCUT2D eigenvalue weighted by atomic mass is 10.0. The number of carboxylic acids is 1. The zero-order valence-electron chi connectivity index (χ0n) is 7.70. The maximum Gasteiger partial charge on any atom is 0.338 e. The first kappa shape index (κ1) is 9.45. The van der Waals surface area contributed by atoms with Crippen LogP contribution in [0.4, 0.5) is 10.2 Å². The second-order valence-electron chi connectivity index (χ2n) is 3.11. The van der Waals surface area contributed by atoms with Gasteiger partial charge in [-0.25, -0.2) is 10.3 Å². The lowest BCUT2D eigenvalue weighted by Crippen LogP contribution is -2.01. The van der Waals surface area contributed by atoms with Crippen LogP contribution in [0.25, 0.3) is 10.8 Å². The highest BCUT2D eigenvalue weighted by atomic mass is 19.2. The van der Waals surface area contributed by atoms with Gasteiger partial charge in [0.05, 0.1) is 11.3 Å². The van der Waals surface area contributed by atoms with E-state index < -0.39 is 5.97 Å². The minimum absolute atomic E-state index is 0.0267. The maximum absolute atomic E-state index is 12.4. The van der Waals surface area contributed by atoms with Crippen LogP contribution in [0.5, 0.6) is 0 Å². The summed E-state index contributed by atoms with van der Waals surface area (Å²) >= 11 is 0. The van der Waals surface area contributed by atoms with Gasteiger partial charge in [0, 0.05) is 0 Å². The van der Waals surface area contributed by atoms with Crippen LogP contribution in [0.2, 0.25) is 0 Å². The van der Waals surface area contributed by atoms with Gasteiger partial charge >= 0.3 is 5.97 Å². The maximum atomic E-state index is 12.4. The van der Waals surface area contributed by atoms with Gasteiger partial charge in [-0.3, -0.25) is 0 Å². The largest absolute Gasteiger partial charge is 0.478 e. The number of nitrogens with one attached hydrogen (secondary N) is 1. The molecule has 0 atom stereocenters. The van der Waals surface area contributed by atoms with Gasteiger partial charge in [0.25, 0.3) is 0 Å². The minimum atomic E-state index is -1.15. The first-order valence-electron chi connectivity index (χ1n) is 4.35. The second kappa shape index (κ2) is 3.57. The Morgan fingerprint density at radius 2 is 1.93 bits per heavy atom. The summed E-state index contributed by atoms with van der Waals surface area (Å²) in [5.74, 6) is -1.15. The van der Waals surface area contributed by atoms with Gasteiger partial charge in [-0.2, -0.15) is 0 Å². The molecule has 0 amide bonds. The summed E-state index contributed by atoms with van der Waals surface area (Å²) in [6.45, 7) is 0. The predicted molar refractivity (Wildman–Crippen MR) is 55.6 cm³/mol. The number of anilines is 1. The molecule has 2 rings (SSSR count). The summed E-state index contributed by atoms with van der Waals surface area (Å²) in [5, 5.41) is 10.3. The molecular weight excluding hydrogens is 197 g/mol. The Bertz CT molecular complexity index is 525. The predicted octanol–water partition coefficient (Wildman–Crippen LogP) is 2.83. The Kier molecular flexibility index (Phi) is 2.25. The van der Waals surface area contributed by atoms with E-state index in [0.29, 0.717) is 5.39 Å². The SMILES string of the molecule is O=C(O)c1c(NF)ccc2ccccc12.